The summed E-state index contributed by atoms with van der Waals surface area (Å²) >= 11 is 1.65. The minimum atomic E-state index is -0.117. The summed E-state index contributed by atoms with van der Waals surface area (Å²) in [5.41, 5.74) is 4.02. The van der Waals surface area contributed by atoms with Crippen LogP contribution in [0.5, 0.6) is 0 Å². The van der Waals surface area contributed by atoms with Gasteiger partial charge in [-0.1, -0.05) is 12.1 Å². The maximum Gasteiger partial charge on any atom is 0.272 e. The van der Waals surface area contributed by atoms with Crippen LogP contribution in [0.15, 0.2) is 28.4 Å². The molecule has 96 valence electrons. The third-order valence-corrected chi connectivity index (χ3v) is 4.46. The van der Waals surface area contributed by atoms with Crippen LogP contribution in [0, 0.1) is 20.8 Å². The number of rotatable bonds is 1. The number of nitrogens with zero attached hydrogens (tertiary/aromatic N) is 1. The molecule has 0 amide bonds. The summed E-state index contributed by atoms with van der Waals surface area (Å²) in [6, 6.07) is 6.10. The zero-order chi connectivity index (χ0) is 13.6. The summed E-state index contributed by atoms with van der Waals surface area (Å²) in [6.45, 7) is 6.05. The van der Waals surface area contributed by atoms with E-state index in [9.17, 15) is 4.79 Å². The number of nitrogens with one attached hydrogen (secondary N) is 1. The molecule has 2 heterocycles. The molecule has 4 heteroatoms. The van der Waals surface area contributed by atoms with Crippen LogP contribution in [0.4, 0.5) is 0 Å². The van der Waals surface area contributed by atoms with Gasteiger partial charge in [0.1, 0.15) is 5.69 Å². The molecule has 0 unspecified atom stereocenters. The standard InChI is InChI=1S/C15H14N2OS/c1-8-4-5-9(2)12-11(8)13(16-17-15(12)18)14-10(3)6-7-19-14/h4-7H,1-3H3,(H,17,18). The van der Waals surface area contributed by atoms with Crippen molar-refractivity contribution in [1.29, 1.82) is 0 Å². The molecule has 0 saturated heterocycles. The second-order valence-electron chi connectivity index (χ2n) is 4.78. The monoisotopic (exact) mass is 270 g/mol. The predicted molar refractivity (Wildman–Crippen MR) is 79.9 cm³/mol. The fourth-order valence-corrected chi connectivity index (χ4v) is 3.33. The van der Waals surface area contributed by atoms with E-state index < -0.39 is 0 Å². The molecule has 0 aliphatic rings. The molecule has 0 aliphatic heterocycles. The first-order chi connectivity index (χ1) is 9.09. The molecule has 0 fully saturated rings. The van der Waals surface area contributed by atoms with Gasteiger partial charge in [-0.05, 0) is 48.9 Å². The van der Waals surface area contributed by atoms with E-state index in [-0.39, 0.29) is 5.56 Å². The number of aromatic nitrogens is 2. The van der Waals surface area contributed by atoms with E-state index in [2.05, 4.69) is 28.6 Å². The lowest BCUT2D eigenvalue weighted by molar-refractivity contribution is 1.01. The molecule has 19 heavy (non-hydrogen) atoms. The Morgan fingerprint density at radius 3 is 2.32 bits per heavy atom. The van der Waals surface area contributed by atoms with Crippen LogP contribution in [0.2, 0.25) is 0 Å². The van der Waals surface area contributed by atoms with Crippen LogP contribution >= 0.6 is 11.3 Å². The van der Waals surface area contributed by atoms with Gasteiger partial charge in [-0.15, -0.1) is 11.3 Å². The van der Waals surface area contributed by atoms with Crippen molar-refractivity contribution in [3.05, 3.63) is 50.6 Å². The highest BCUT2D eigenvalue weighted by Crippen LogP contribution is 2.33. The van der Waals surface area contributed by atoms with Gasteiger partial charge in [0.25, 0.3) is 5.56 Å². The van der Waals surface area contributed by atoms with Gasteiger partial charge < -0.3 is 0 Å². The van der Waals surface area contributed by atoms with Gasteiger partial charge in [-0.25, -0.2) is 5.10 Å². The quantitative estimate of drug-likeness (QED) is 0.734. The third kappa shape index (κ3) is 1.79. The van der Waals surface area contributed by atoms with Crippen molar-refractivity contribution < 1.29 is 0 Å². The highest BCUT2D eigenvalue weighted by atomic mass is 32.1. The van der Waals surface area contributed by atoms with E-state index in [0.717, 1.165) is 32.5 Å². The highest BCUT2D eigenvalue weighted by molar-refractivity contribution is 7.13. The topological polar surface area (TPSA) is 45.8 Å². The van der Waals surface area contributed by atoms with Crippen LogP contribution in [0.3, 0.4) is 0 Å². The van der Waals surface area contributed by atoms with Gasteiger partial charge in [-0.2, -0.15) is 5.10 Å². The molecule has 0 spiro atoms. The molecule has 2 aromatic heterocycles. The van der Waals surface area contributed by atoms with E-state index in [4.69, 9.17) is 0 Å². The Hall–Kier alpha value is -1.94. The molecule has 1 N–H and O–H groups in total. The summed E-state index contributed by atoms with van der Waals surface area (Å²) in [5, 5.41) is 10.7. The SMILES string of the molecule is Cc1ccsc1-c1n[nH]c(=O)c2c(C)ccc(C)c12. The number of H-pyrrole nitrogens is 1. The predicted octanol–water partition coefficient (Wildman–Crippen LogP) is 3.58. The van der Waals surface area contributed by atoms with E-state index in [1.807, 2.05) is 26.0 Å². The van der Waals surface area contributed by atoms with Crippen molar-refractivity contribution in [2.24, 2.45) is 0 Å². The van der Waals surface area contributed by atoms with Crippen LogP contribution in [0.1, 0.15) is 16.7 Å². The van der Waals surface area contributed by atoms with E-state index in [0.29, 0.717) is 0 Å². The number of benzene rings is 1. The van der Waals surface area contributed by atoms with Crippen LogP contribution < -0.4 is 5.56 Å². The van der Waals surface area contributed by atoms with Gasteiger partial charge in [0.15, 0.2) is 0 Å². The Balaban J connectivity index is 2.52. The molecule has 0 bridgehead atoms. The molecule has 3 nitrogen and oxygen atoms in total. The minimum absolute atomic E-state index is 0.117. The lowest BCUT2D eigenvalue weighted by atomic mass is 10.00. The first-order valence-electron chi connectivity index (χ1n) is 6.12. The molecule has 3 aromatic rings. The number of hydrogen-bond acceptors (Lipinski definition) is 3. The molecule has 0 atom stereocenters. The van der Waals surface area contributed by atoms with E-state index in [1.54, 1.807) is 11.3 Å². The minimum Gasteiger partial charge on any atom is -0.267 e. The molecule has 3 rings (SSSR count). The van der Waals surface area contributed by atoms with E-state index >= 15 is 0 Å². The van der Waals surface area contributed by atoms with Crippen LogP contribution in [0.25, 0.3) is 21.3 Å². The zero-order valence-electron chi connectivity index (χ0n) is 11.1. The van der Waals surface area contributed by atoms with Gasteiger partial charge in [-0.3, -0.25) is 4.79 Å². The maximum absolute atomic E-state index is 12.0. The number of fused-ring (bicyclic) bond motifs is 1. The largest absolute Gasteiger partial charge is 0.272 e. The van der Waals surface area contributed by atoms with Crippen LogP contribution in [-0.4, -0.2) is 10.2 Å². The summed E-state index contributed by atoms with van der Waals surface area (Å²) < 4.78 is 0. The Labute approximate surface area is 114 Å². The highest BCUT2D eigenvalue weighted by Gasteiger charge is 2.15. The van der Waals surface area contributed by atoms with Gasteiger partial charge in [0.05, 0.1) is 10.3 Å². The zero-order valence-corrected chi connectivity index (χ0v) is 11.9. The van der Waals surface area contributed by atoms with E-state index in [1.165, 1.54) is 5.56 Å². The molecule has 0 radical (unpaired) electrons. The van der Waals surface area contributed by atoms with Crippen LogP contribution in [-0.2, 0) is 0 Å². The average Bonchev–Trinajstić information content (AvgIpc) is 2.80. The Bertz CT molecular complexity index is 830. The third-order valence-electron chi connectivity index (χ3n) is 3.43. The lowest BCUT2D eigenvalue weighted by Crippen LogP contribution is -2.11. The Morgan fingerprint density at radius 1 is 1.00 bits per heavy atom. The fourth-order valence-electron chi connectivity index (χ4n) is 2.41. The van der Waals surface area contributed by atoms with Crippen molar-refractivity contribution in [3.8, 4) is 10.6 Å². The molecular formula is C15H14N2OS. The van der Waals surface area contributed by atoms with Crippen molar-refractivity contribution in [2.45, 2.75) is 20.8 Å². The average molecular weight is 270 g/mol. The fraction of sp³-hybridized carbons (Fsp3) is 0.200. The first kappa shape index (κ1) is 12.1. The number of thiophene rings is 1. The summed E-state index contributed by atoms with van der Waals surface area (Å²) in [6.07, 6.45) is 0. The van der Waals surface area contributed by atoms with Gasteiger partial charge in [0.2, 0.25) is 0 Å². The number of hydrogen-bond donors (Lipinski definition) is 1. The molecule has 1 aromatic carbocycles. The summed E-state index contributed by atoms with van der Waals surface area (Å²) in [5.74, 6) is 0. The maximum atomic E-state index is 12.0. The first-order valence-corrected chi connectivity index (χ1v) is 7.00. The van der Waals surface area contributed by atoms with Crippen molar-refractivity contribution in [3.63, 3.8) is 0 Å². The van der Waals surface area contributed by atoms with Crippen molar-refractivity contribution >= 4 is 22.1 Å². The smallest absolute Gasteiger partial charge is 0.267 e. The Morgan fingerprint density at radius 2 is 1.68 bits per heavy atom. The summed E-state index contributed by atoms with van der Waals surface area (Å²) in [7, 11) is 0. The lowest BCUT2D eigenvalue weighted by Gasteiger charge is -2.09. The Kier molecular flexibility index (Phi) is 2.75. The number of aryl methyl sites for hydroxylation is 3. The molecular weight excluding hydrogens is 256 g/mol. The molecule has 0 saturated carbocycles. The van der Waals surface area contributed by atoms with Crippen molar-refractivity contribution in [1.82, 2.24) is 10.2 Å². The normalized spacial score (nSPS) is 11.1. The second-order valence-corrected chi connectivity index (χ2v) is 5.70. The van der Waals surface area contributed by atoms with Crippen molar-refractivity contribution in [2.75, 3.05) is 0 Å². The van der Waals surface area contributed by atoms with Gasteiger partial charge >= 0.3 is 0 Å². The van der Waals surface area contributed by atoms with Gasteiger partial charge in [0, 0.05) is 5.39 Å². The number of aromatic amines is 1. The summed E-state index contributed by atoms with van der Waals surface area (Å²) in [4.78, 5) is 13.2. The molecule has 0 aliphatic carbocycles. The second kappa shape index (κ2) is 4.31.